The van der Waals surface area contributed by atoms with Crippen molar-refractivity contribution in [1.82, 2.24) is 14.5 Å². The van der Waals surface area contributed by atoms with Crippen LogP contribution in [0.15, 0.2) is 42.5 Å². The van der Waals surface area contributed by atoms with Crippen LogP contribution in [0, 0.1) is 0 Å². The number of imidazole rings is 1. The zero-order valence-corrected chi connectivity index (χ0v) is 21.3. The second-order valence-electron chi connectivity index (χ2n) is 9.02. The molecule has 1 unspecified atom stereocenters. The van der Waals surface area contributed by atoms with Gasteiger partial charge in [-0.3, -0.25) is 14.5 Å². The Balaban J connectivity index is 1.77. The minimum atomic E-state index is -0.118. The van der Waals surface area contributed by atoms with Gasteiger partial charge in [0.2, 0.25) is 11.8 Å². The molecule has 0 aliphatic carbocycles. The molecule has 0 bridgehead atoms. The molecule has 1 aliphatic rings. The van der Waals surface area contributed by atoms with E-state index in [1.54, 1.807) is 12.0 Å². The fourth-order valence-corrected chi connectivity index (χ4v) is 5.22. The second kappa shape index (κ2) is 11.0. The van der Waals surface area contributed by atoms with Crippen molar-refractivity contribution in [2.45, 2.75) is 65.5 Å². The van der Waals surface area contributed by atoms with Crippen molar-refractivity contribution in [3.63, 3.8) is 0 Å². The molecule has 7 heteroatoms. The van der Waals surface area contributed by atoms with E-state index in [1.165, 1.54) is 0 Å². The number of aromatic nitrogens is 2. The van der Waals surface area contributed by atoms with E-state index in [4.69, 9.17) is 9.72 Å². The van der Waals surface area contributed by atoms with Gasteiger partial charge in [-0.15, -0.1) is 0 Å². The van der Waals surface area contributed by atoms with Crippen LogP contribution in [-0.2, 0) is 33.7 Å². The number of benzene rings is 2. The molecule has 1 aromatic heterocycles. The molecule has 0 spiro atoms. The first-order valence-electron chi connectivity index (χ1n) is 12.7. The average Bonchev–Trinajstić information content (AvgIpc) is 3.51. The van der Waals surface area contributed by atoms with Gasteiger partial charge in [0.05, 0.1) is 22.8 Å². The van der Waals surface area contributed by atoms with Gasteiger partial charge >= 0.3 is 0 Å². The van der Waals surface area contributed by atoms with Gasteiger partial charge in [-0.25, -0.2) is 4.98 Å². The summed E-state index contributed by atoms with van der Waals surface area (Å²) >= 11 is 0. The lowest BCUT2D eigenvalue weighted by atomic mass is 10.0. The topological polar surface area (TPSA) is 67.7 Å². The van der Waals surface area contributed by atoms with E-state index in [1.807, 2.05) is 40.7 Å². The predicted octanol–water partition coefficient (Wildman–Crippen LogP) is 4.87. The molecule has 186 valence electrons. The van der Waals surface area contributed by atoms with Gasteiger partial charge in [0.25, 0.3) is 0 Å². The van der Waals surface area contributed by atoms with Crippen molar-refractivity contribution >= 4 is 28.5 Å². The van der Waals surface area contributed by atoms with Crippen LogP contribution in [0.5, 0.6) is 0 Å². The Bertz CT molecular complexity index is 1180. The maximum absolute atomic E-state index is 13.9. The third kappa shape index (κ3) is 4.82. The largest absolute Gasteiger partial charge is 0.364 e. The number of methoxy groups -OCH3 is 1. The first-order valence-corrected chi connectivity index (χ1v) is 12.7. The number of aryl methyl sites for hydroxylation is 2. The summed E-state index contributed by atoms with van der Waals surface area (Å²) in [7, 11) is 1.62. The number of fused-ring (bicyclic) bond motifs is 1. The van der Waals surface area contributed by atoms with Crippen molar-refractivity contribution < 1.29 is 14.3 Å². The molecule has 4 rings (SSSR count). The molecule has 2 amide bonds. The fraction of sp³-hybridized carbons (Fsp3) is 0.464. The monoisotopic (exact) mass is 476 g/mol. The molecular formula is C28H36N4O3. The fourth-order valence-electron chi connectivity index (χ4n) is 5.22. The molecule has 3 aromatic rings. The van der Waals surface area contributed by atoms with Gasteiger partial charge in [0.1, 0.15) is 19.1 Å². The SMILES string of the molecule is CCC(=O)N1CCCC1c1nc2ccccc2n1CC(=O)N(COC)c1c(CC)cccc1CC. The van der Waals surface area contributed by atoms with E-state index < -0.39 is 0 Å². The van der Waals surface area contributed by atoms with E-state index in [0.717, 1.165) is 65.9 Å². The normalized spacial score (nSPS) is 15.7. The van der Waals surface area contributed by atoms with Crippen molar-refractivity contribution in [3.05, 3.63) is 59.4 Å². The van der Waals surface area contributed by atoms with E-state index in [-0.39, 0.29) is 31.1 Å². The number of para-hydroxylation sites is 3. The quantitative estimate of drug-likeness (QED) is 0.413. The van der Waals surface area contributed by atoms with Crippen molar-refractivity contribution in [1.29, 1.82) is 0 Å². The Morgan fingerprint density at radius 3 is 2.43 bits per heavy atom. The minimum Gasteiger partial charge on any atom is -0.364 e. The molecule has 0 radical (unpaired) electrons. The van der Waals surface area contributed by atoms with Gasteiger partial charge in [-0.2, -0.15) is 0 Å². The lowest BCUT2D eigenvalue weighted by molar-refractivity contribution is -0.131. The summed E-state index contributed by atoms with van der Waals surface area (Å²) in [6, 6.07) is 14.0. The molecule has 1 fully saturated rings. The molecule has 0 N–H and O–H groups in total. The summed E-state index contributed by atoms with van der Waals surface area (Å²) in [6.45, 7) is 7.14. The molecular weight excluding hydrogens is 440 g/mol. The zero-order chi connectivity index (χ0) is 24.9. The maximum atomic E-state index is 13.9. The Morgan fingerprint density at radius 1 is 1.06 bits per heavy atom. The Kier molecular flexibility index (Phi) is 7.86. The van der Waals surface area contributed by atoms with Gasteiger partial charge < -0.3 is 14.2 Å². The summed E-state index contributed by atoms with van der Waals surface area (Å²) < 4.78 is 7.51. The van der Waals surface area contributed by atoms with Crippen molar-refractivity contribution in [2.24, 2.45) is 0 Å². The lowest BCUT2D eigenvalue weighted by Crippen LogP contribution is -2.38. The van der Waals surface area contributed by atoms with E-state index in [2.05, 4.69) is 32.0 Å². The van der Waals surface area contributed by atoms with E-state index in [9.17, 15) is 9.59 Å². The third-order valence-electron chi connectivity index (χ3n) is 6.95. The van der Waals surface area contributed by atoms with Gasteiger partial charge in [0.15, 0.2) is 0 Å². The molecule has 35 heavy (non-hydrogen) atoms. The van der Waals surface area contributed by atoms with Crippen LogP contribution in [0.2, 0.25) is 0 Å². The Labute approximate surface area is 207 Å². The molecule has 1 aliphatic heterocycles. The molecule has 2 heterocycles. The number of hydrogen-bond acceptors (Lipinski definition) is 4. The molecule has 0 saturated carbocycles. The van der Waals surface area contributed by atoms with Gasteiger partial charge in [0, 0.05) is 20.1 Å². The molecule has 7 nitrogen and oxygen atoms in total. The number of likely N-dealkylation sites (tertiary alicyclic amines) is 1. The molecule has 2 aromatic carbocycles. The summed E-state index contributed by atoms with van der Waals surface area (Å²) in [5, 5.41) is 0. The highest BCUT2D eigenvalue weighted by molar-refractivity contribution is 5.95. The van der Waals surface area contributed by atoms with Gasteiger partial charge in [-0.1, -0.05) is 51.1 Å². The highest BCUT2D eigenvalue weighted by Gasteiger charge is 2.34. The number of amides is 2. The van der Waals surface area contributed by atoms with Crippen LogP contribution in [-0.4, -0.2) is 46.7 Å². The van der Waals surface area contributed by atoms with Gasteiger partial charge in [-0.05, 0) is 48.9 Å². The Morgan fingerprint density at radius 2 is 1.77 bits per heavy atom. The number of carbonyl (C=O) groups excluding carboxylic acids is 2. The zero-order valence-electron chi connectivity index (χ0n) is 21.3. The van der Waals surface area contributed by atoms with Crippen LogP contribution in [0.3, 0.4) is 0 Å². The summed E-state index contributed by atoms with van der Waals surface area (Å²) in [6.07, 6.45) is 3.90. The summed E-state index contributed by atoms with van der Waals surface area (Å²) in [4.78, 5) is 35.2. The third-order valence-corrected chi connectivity index (χ3v) is 6.95. The van der Waals surface area contributed by atoms with E-state index in [0.29, 0.717) is 6.42 Å². The number of nitrogens with zero attached hydrogens (tertiary/aromatic N) is 4. The average molecular weight is 477 g/mol. The predicted molar refractivity (Wildman–Crippen MR) is 138 cm³/mol. The molecule has 1 atom stereocenters. The van der Waals surface area contributed by atoms with Crippen LogP contribution in [0.1, 0.15) is 63.0 Å². The summed E-state index contributed by atoms with van der Waals surface area (Å²) in [5.41, 5.74) is 4.94. The van der Waals surface area contributed by atoms with Crippen LogP contribution < -0.4 is 4.90 Å². The number of carbonyl (C=O) groups is 2. The lowest BCUT2D eigenvalue weighted by Gasteiger charge is -2.28. The first kappa shape index (κ1) is 24.9. The molecule has 1 saturated heterocycles. The van der Waals surface area contributed by atoms with Crippen molar-refractivity contribution in [2.75, 3.05) is 25.3 Å². The minimum absolute atomic E-state index is 0.0572. The Hall–Kier alpha value is -3.19. The van der Waals surface area contributed by atoms with Crippen LogP contribution in [0.25, 0.3) is 11.0 Å². The van der Waals surface area contributed by atoms with E-state index >= 15 is 0 Å². The highest BCUT2D eigenvalue weighted by Crippen LogP contribution is 2.34. The van der Waals surface area contributed by atoms with Crippen LogP contribution in [0.4, 0.5) is 5.69 Å². The van der Waals surface area contributed by atoms with Crippen LogP contribution >= 0.6 is 0 Å². The second-order valence-corrected chi connectivity index (χ2v) is 9.02. The summed E-state index contributed by atoms with van der Waals surface area (Å²) in [5.74, 6) is 0.858. The number of ether oxygens (including phenoxy) is 1. The maximum Gasteiger partial charge on any atom is 0.248 e. The standard InChI is InChI=1S/C28H36N4O3/c1-5-20-12-10-13-21(6-2)27(20)32(19-35-4)26(34)18-31-23-15-9-8-14-22(23)29-28(31)24-16-11-17-30(24)25(33)7-3/h8-10,12-15,24H,5-7,11,16-19H2,1-4H3. The van der Waals surface area contributed by atoms with Crippen molar-refractivity contribution in [3.8, 4) is 0 Å². The first-order chi connectivity index (χ1) is 17.0. The highest BCUT2D eigenvalue weighted by atomic mass is 16.5. The smallest absolute Gasteiger partial charge is 0.248 e. The number of rotatable bonds is 9. The number of hydrogen-bond donors (Lipinski definition) is 0. The number of anilines is 1.